The Morgan fingerprint density at radius 3 is 2.00 bits per heavy atom. The van der Waals surface area contributed by atoms with Crippen molar-refractivity contribution >= 4 is 24.3 Å². The maximum atomic E-state index is 12.8. The van der Waals surface area contributed by atoms with Crippen LogP contribution in [0.5, 0.6) is 11.5 Å². The second-order valence-corrected chi connectivity index (χ2v) is 12.6. The second kappa shape index (κ2) is 14.9. The molecule has 2 saturated carbocycles. The number of nitrogens with two attached hydrogens (primary N) is 1. The van der Waals surface area contributed by atoms with Crippen molar-refractivity contribution in [1.82, 2.24) is 0 Å². The monoisotopic (exact) mass is 549 g/mol. The molecule has 4 N–H and O–H groups in total. The molecule has 0 aromatic heterocycles. The summed E-state index contributed by atoms with van der Waals surface area (Å²) in [6, 6.07) is 10.2. The minimum atomic E-state index is -4.04. The molecule has 0 heterocycles. The highest BCUT2D eigenvalue weighted by Gasteiger charge is 2.38. The quantitative estimate of drug-likeness (QED) is 0.374. The van der Waals surface area contributed by atoms with Gasteiger partial charge < -0.3 is 34.5 Å². The third-order valence-corrected chi connectivity index (χ3v) is 10.0. The summed E-state index contributed by atoms with van der Waals surface area (Å²) >= 11 is 0. The minimum Gasteiger partial charge on any atom is -0.549 e. The van der Waals surface area contributed by atoms with Gasteiger partial charge in [0.2, 0.25) is 0 Å². The molecule has 2 aliphatic rings. The topological polar surface area (TPSA) is 133 Å². The number of carboxylic acids is 1. The van der Waals surface area contributed by atoms with Crippen LogP contribution < -0.4 is 10.4 Å². The van der Waals surface area contributed by atoms with Crippen LogP contribution >= 0.6 is 7.60 Å². The van der Waals surface area contributed by atoms with Gasteiger partial charge in [-0.15, -0.1) is 0 Å². The third-order valence-electron chi connectivity index (χ3n) is 7.62. The molecule has 1 unspecified atom stereocenters. The number of hydrogen-bond acceptors (Lipinski definition) is 7. The minimum absolute atomic E-state index is 0.0171. The second-order valence-electron chi connectivity index (χ2n) is 10.3. The van der Waals surface area contributed by atoms with Crippen LogP contribution in [0.4, 0.5) is 0 Å². The first kappa shape index (κ1) is 30.4. The average molecular weight is 550 g/mol. The summed E-state index contributed by atoms with van der Waals surface area (Å²) in [5.74, 6) is -2.22. The predicted molar refractivity (Wildman–Crippen MR) is 146 cm³/mol. The molecule has 0 amide bonds. The zero-order valence-electron chi connectivity index (χ0n) is 22.8. The van der Waals surface area contributed by atoms with E-state index in [0.717, 1.165) is 12.1 Å². The lowest BCUT2D eigenvalue weighted by molar-refractivity contribution is -0.725. The van der Waals surface area contributed by atoms with Crippen molar-refractivity contribution in [2.24, 2.45) is 0 Å². The SMILES string of the molecule is C1CCC([NH2+]C2CCCCC2)CC1.CCOP(=O)(OCC)C(Cc1c(O)cc2ccccc2c1O)C(=O)[O-]. The molecule has 2 aliphatic carbocycles. The summed E-state index contributed by atoms with van der Waals surface area (Å²) in [5.41, 5.74) is -1.71. The molecule has 0 aliphatic heterocycles. The Kier molecular flexibility index (Phi) is 11.9. The molecule has 8 nitrogen and oxygen atoms in total. The smallest absolute Gasteiger partial charge is 0.339 e. The first-order chi connectivity index (χ1) is 18.3. The van der Waals surface area contributed by atoms with E-state index in [4.69, 9.17) is 9.05 Å². The molecule has 9 heteroatoms. The van der Waals surface area contributed by atoms with Crippen molar-refractivity contribution in [1.29, 1.82) is 0 Å². The first-order valence-corrected chi connectivity index (χ1v) is 15.8. The van der Waals surface area contributed by atoms with Crippen LogP contribution in [0.15, 0.2) is 30.3 Å². The Hall–Kier alpha value is -2.12. The summed E-state index contributed by atoms with van der Waals surface area (Å²) in [6.45, 7) is 3.08. The van der Waals surface area contributed by atoms with Crippen LogP contribution in [0.1, 0.15) is 83.6 Å². The number of carbonyl (C=O) groups excluding carboxylic acids is 1. The van der Waals surface area contributed by atoms with Crippen LogP contribution in [0, 0.1) is 0 Å². The molecule has 2 aromatic carbocycles. The van der Waals surface area contributed by atoms with E-state index in [9.17, 15) is 24.7 Å². The van der Waals surface area contributed by atoms with E-state index in [2.05, 4.69) is 5.32 Å². The normalized spacial score (nSPS) is 18.1. The van der Waals surface area contributed by atoms with Gasteiger partial charge in [0, 0.05) is 10.9 Å². The molecule has 0 spiro atoms. The fraction of sp³-hybridized carbons (Fsp3) is 0.621. The number of aliphatic carboxylic acids is 1. The van der Waals surface area contributed by atoms with Crippen molar-refractivity contribution in [2.45, 2.75) is 102 Å². The summed E-state index contributed by atoms with van der Waals surface area (Å²) in [6.07, 6.45) is 14.5. The Morgan fingerprint density at radius 2 is 1.50 bits per heavy atom. The van der Waals surface area contributed by atoms with Gasteiger partial charge in [-0.3, -0.25) is 4.57 Å². The van der Waals surface area contributed by atoms with Crippen molar-refractivity contribution in [3.63, 3.8) is 0 Å². The van der Waals surface area contributed by atoms with Crippen LogP contribution in [0.2, 0.25) is 0 Å². The lowest BCUT2D eigenvalue weighted by Crippen LogP contribution is -2.95. The van der Waals surface area contributed by atoms with Gasteiger partial charge in [0.15, 0.2) is 0 Å². The number of aromatic hydroxyl groups is 2. The highest BCUT2D eigenvalue weighted by atomic mass is 31.2. The molecule has 38 heavy (non-hydrogen) atoms. The number of rotatable bonds is 10. The molecular weight excluding hydrogens is 505 g/mol. The van der Waals surface area contributed by atoms with E-state index in [1.165, 1.54) is 70.3 Å². The van der Waals surface area contributed by atoms with Gasteiger partial charge >= 0.3 is 7.60 Å². The van der Waals surface area contributed by atoms with Crippen LogP contribution in [0.3, 0.4) is 0 Å². The first-order valence-electron chi connectivity index (χ1n) is 14.2. The lowest BCUT2D eigenvalue weighted by atomic mass is 9.91. The lowest BCUT2D eigenvalue weighted by Gasteiger charge is -2.27. The number of fused-ring (bicyclic) bond motifs is 1. The van der Waals surface area contributed by atoms with Crippen molar-refractivity contribution in [3.8, 4) is 11.5 Å². The van der Waals surface area contributed by atoms with E-state index in [0.29, 0.717) is 10.8 Å². The number of benzene rings is 2. The summed E-state index contributed by atoms with van der Waals surface area (Å²) in [4.78, 5) is 11.6. The highest BCUT2D eigenvalue weighted by molar-refractivity contribution is 7.55. The standard InChI is InChI=1S/C17H21O7P.C12H23N/c1-3-23-25(22,24-4-2)15(17(20)21)10-13-14(18)9-11-7-5-6-8-12(11)16(13)19;1-3-7-11(8-4-1)13-12-9-5-2-6-10-12/h5-9,15,18-19H,3-4,10H2,1-2H3,(H,20,21);11-13H,1-10H2. The largest absolute Gasteiger partial charge is 0.549 e. The van der Waals surface area contributed by atoms with E-state index >= 15 is 0 Å². The maximum absolute atomic E-state index is 12.8. The fourth-order valence-electron chi connectivity index (χ4n) is 5.69. The van der Waals surface area contributed by atoms with Gasteiger partial charge in [-0.05, 0) is 83.1 Å². The molecule has 0 saturated heterocycles. The van der Waals surface area contributed by atoms with E-state index in [1.807, 2.05) is 0 Å². The third kappa shape index (κ3) is 8.19. The molecule has 0 bridgehead atoms. The number of hydrogen-bond donors (Lipinski definition) is 3. The molecule has 2 fully saturated rings. The number of phenols is 2. The van der Waals surface area contributed by atoms with Gasteiger partial charge in [-0.25, -0.2) is 0 Å². The number of quaternary nitrogens is 1. The molecule has 212 valence electrons. The highest BCUT2D eigenvalue weighted by Crippen LogP contribution is 2.55. The Labute approximate surface area is 226 Å². The van der Waals surface area contributed by atoms with Crippen molar-refractivity contribution < 1.29 is 39.0 Å². The maximum Gasteiger partial charge on any atom is 0.339 e. The van der Waals surface area contributed by atoms with Crippen molar-refractivity contribution in [3.05, 3.63) is 35.9 Å². The van der Waals surface area contributed by atoms with Gasteiger partial charge in [-0.2, -0.15) is 0 Å². The summed E-state index contributed by atoms with van der Waals surface area (Å²) < 4.78 is 23.0. The summed E-state index contributed by atoms with van der Waals surface area (Å²) in [5, 5.41) is 36.0. The van der Waals surface area contributed by atoms with Crippen LogP contribution in [-0.2, 0) is 24.8 Å². The number of phenolic OH excluding ortho intramolecular Hbond substituents is 2. The van der Waals surface area contributed by atoms with E-state index in [-0.39, 0.29) is 30.3 Å². The molecule has 1 atom stereocenters. The number of carboxylic acid groups (broad SMARTS) is 1. The van der Waals surface area contributed by atoms with Crippen LogP contribution in [0.25, 0.3) is 10.8 Å². The Morgan fingerprint density at radius 1 is 0.974 bits per heavy atom. The predicted octanol–water partition coefficient (Wildman–Crippen LogP) is 4.39. The van der Waals surface area contributed by atoms with Gasteiger partial charge in [0.05, 0.1) is 31.3 Å². The van der Waals surface area contributed by atoms with Crippen LogP contribution in [-0.4, -0.2) is 47.1 Å². The Bertz CT molecular complexity index is 1050. The molecule has 0 radical (unpaired) electrons. The zero-order valence-corrected chi connectivity index (χ0v) is 23.7. The van der Waals surface area contributed by atoms with Gasteiger partial charge in [-0.1, -0.05) is 37.1 Å². The van der Waals surface area contributed by atoms with Crippen molar-refractivity contribution in [2.75, 3.05) is 13.2 Å². The molecule has 2 aromatic rings. The average Bonchev–Trinajstić information content (AvgIpc) is 2.90. The zero-order chi connectivity index (χ0) is 27.5. The van der Waals surface area contributed by atoms with Gasteiger partial charge in [0.25, 0.3) is 0 Å². The van der Waals surface area contributed by atoms with E-state index < -0.39 is 25.6 Å². The fourth-order valence-corrected chi connectivity index (χ4v) is 7.51. The molecule has 4 rings (SSSR count). The summed E-state index contributed by atoms with van der Waals surface area (Å²) in [7, 11) is -4.04. The molecular formula is C29H44NO7P. The Balaban J connectivity index is 0.000000256. The number of carbonyl (C=O) groups is 1. The van der Waals surface area contributed by atoms with Gasteiger partial charge in [0.1, 0.15) is 17.2 Å². The van der Waals surface area contributed by atoms with E-state index in [1.54, 1.807) is 38.1 Å².